The number of anilines is 1. The number of aromatic nitrogens is 2. The molecule has 0 saturated carbocycles. The predicted molar refractivity (Wildman–Crippen MR) is 87.0 cm³/mol. The van der Waals surface area contributed by atoms with E-state index in [0.717, 1.165) is 9.24 Å². The largest absolute Gasteiger partial charge is 0.328 e. The smallest absolute Gasteiger partial charge is 0.224 e. The van der Waals surface area contributed by atoms with E-state index in [-0.39, 0.29) is 11.9 Å². The predicted octanol–water partition coefficient (Wildman–Crippen LogP) is 3.41. The van der Waals surface area contributed by atoms with Crippen molar-refractivity contribution in [3.05, 3.63) is 28.7 Å². The Bertz CT molecular complexity index is 604. The number of carbonyl (C=O) groups is 1. The van der Waals surface area contributed by atoms with Crippen molar-refractivity contribution < 1.29 is 4.79 Å². The van der Waals surface area contributed by atoms with Crippen molar-refractivity contribution in [3.63, 3.8) is 0 Å². The van der Waals surface area contributed by atoms with Gasteiger partial charge in [-0.2, -0.15) is 0 Å². The Kier molecular flexibility index (Phi) is 5.98. The van der Waals surface area contributed by atoms with Crippen LogP contribution in [0.4, 0.5) is 5.69 Å². The highest BCUT2D eigenvalue weighted by molar-refractivity contribution is 8.01. The first kappa shape index (κ1) is 16.2. The molecule has 8 heteroatoms. The maximum absolute atomic E-state index is 11.7. The molecule has 3 N–H and O–H groups in total. The fourth-order valence-electron chi connectivity index (χ4n) is 1.55. The second kappa shape index (κ2) is 7.74. The van der Waals surface area contributed by atoms with E-state index in [1.165, 1.54) is 23.1 Å². The standard InChI is InChI=1S/C13H15ClN4OS2/c1-8(15)2-5-12(19)17-9-3-4-11(10(14)6-9)21-13-18-16-7-20-13/h3-4,6-8H,2,5,15H2,1H3,(H,17,19). The summed E-state index contributed by atoms with van der Waals surface area (Å²) in [4.78, 5) is 12.6. The summed E-state index contributed by atoms with van der Waals surface area (Å²) >= 11 is 9.12. The Hall–Kier alpha value is -1.15. The molecule has 21 heavy (non-hydrogen) atoms. The average Bonchev–Trinajstić information content (AvgIpc) is 2.92. The first-order chi connectivity index (χ1) is 10.0. The molecule has 1 unspecified atom stereocenters. The molecular weight excluding hydrogens is 328 g/mol. The van der Waals surface area contributed by atoms with E-state index in [4.69, 9.17) is 17.3 Å². The number of hydrogen-bond donors (Lipinski definition) is 2. The summed E-state index contributed by atoms with van der Waals surface area (Å²) in [5, 5.41) is 11.1. The lowest BCUT2D eigenvalue weighted by atomic mass is 10.2. The van der Waals surface area contributed by atoms with Crippen LogP contribution in [0.1, 0.15) is 19.8 Å². The van der Waals surface area contributed by atoms with E-state index in [1.54, 1.807) is 11.6 Å². The number of nitrogens with zero attached hydrogens (tertiary/aromatic N) is 2. The van der Waals surface area contributed by atoms with Crippen molar-refractivity contribution in [3.8, 4) is 0 Å². The summed E-state index contributed by atoms with van der Waals surface area (Å²) in [6, 6.07) is 5.42. The monoisotopic (exact) mass is 342 g/mol. The van der Waals surface area contributed by atoms with Crippen molar-refractivity contribution in [1.82, 2.24) is 10.2 Å². The summed E-state index contributed by atoms with van der Waals surface area (Å²) < 4.78 is 0.825. The number of rotatable bonds is 6. The van der Waals surface area contributed by atoms with Gasteiger partial charge in [0.15, 0.2) is 4.34 Å². The highest BCUT2D eigenvalue weighted by Gasteiger charge is 2.09. The maximum atomic E-state index is 11.7. The molecule has 1 heterocycles. The Morgan fingerprint density at radius 1 is 1.57 bits per heavy atom. The molecule has 2 rings (SSSR count). The van der Waals surface area contributed by atoms with Crippen LogP contribution in [0.25, 0.3) is 0 Å². The van der Waals surface area contributed by atoms with Gasteiger partial charge in [0.1, 0.15) is 5.51 Å². The lowest BCUT2D eigenvalue weighted by molar-refractivity contribution is -0.116. The third kappa shape index (κ3) is 5.28. The van der Waals surface area contributed by atoms with Gasteiger partial charge >= 0.3 is 0 Å². The molecule has 1 aromatic carbocycles. The zero-order valence-electron chi connectivity index (χ0n) is 11.4. The van der Waals surface area contributed by atoms with Crippen molar-refractivity contribution in [2.45, 2.75) is 35.0 Å². The molecule has 0 bridgehead atoms. The van der Waals surface area contributed by atoms with Gasteiger partial charge in [-0.05, 0) is 31.5 Å². The molecule has 1 aromatic heterocycles. The molecule has 0 aliphatic rings. The van der Waals surface area contributed by atoms with Crippen molar-refractivity contribution in [2.75, 3.05) is 5.32 Å². The lowest BCUT2D eigenvalue weighted by Gasteiger charge is -2.08. The van der Waals surface area contributed by atoms with Crippen LogP contribution >= 0.6 is 34.7 Å². The third-order valence-corrected chi connectivity index (χ3v) is 4.86. The molecule has 0 spiro atoms. The molecule has 2 aromatic rings. The minimum Gasteiger partial charge on any atom is -0.328 e. The normalized spacial score (nSPS) is 12.1. The first-order valence-electron chi connectivity index (χ1n) is 6.33. The third-order valence-electron chi connectivity index (χ3n) is 2.58. The quantitative estimate of drug-likeness (QED) is 0.840. The molecule has 0 aliphatic carbocycles. The van der Waals surface area contributed by atoms with Crippen LogP contribution in [0, 0.1) is 0 Å². The first-order valence-corrected chi connectivity index (χ1v) is 8.41. The van der Waals surface area contributed by atoms with Gasteiger partial charge in [0, 0.05) is 23.0 Å². The summed E-state index contributed by atoms with van der Waals surface area (Å²) in [6.45, 7) is 1.88. The molecule has 1 amide bonds. The van der Waals surface area contributed by atoms with Crippen molar-refractivity contribution in [1.29, 1.82) is 0 Å². The number of nitrogens with one attached hydrogen (secondary N) is 1. The van der Waals surface area contributed by atoms with Crippen LogP contribution < -0.4 is 11.1 Å². The summed E-state index contributed by atoms with van der Waals surface area (Å²) in [7, 11) is 0. The van der Waals surface area contributed by atoms with Crippen molar-refractivity contribution >= 4 is 46.3 Å². The summed E-state index contributed by atoms with van der Waals surface area (Å²) in [6.07, 6.45) is 1.06. The van der Waals surface area contributed by atoms with Gasteiger partial charge < -0.3 is 11.1 Å². The molecule has 0 radical (unpaired) electrons. The van der Waals surface area contributed by atoms with E-state index >= 15 is 0 Å². The number of carbonyl (C=O) groups excluding carboxylic acids is 1. The average molecular weight is 343 g/mol. The van der Waals surface area contributed by atoms with Gasteiger partial charge in [-0.3, -0.25) is 4.79 Å². The lowest BCUT2D eigenvalue weighted by Crippen LogP contribution is -2.19. The minimum atomic E-state index is -0.0621. The second-order valence-corrected chi connectivity index (χ2v) is 7.05. The Morgan fingerprint density at radius 2 is 2.38 bits per heavy atom. The number of halogens is 1. The van der Waals surface area contributed by atoms with Crippen LogP contribution in [-0.2, 0) is 4.79 Å². The van der Waals surface area contributed by atoms with E-state index < -0.39 is 0 Å². The molecule has 0 saturated heterocycles. The van der Waals surface area contributed by atoms with E-state index in [1.807, 2.05) is 19.1 Å². The van der Waals surface area contributed by atoms with E-state index in [0.29, 0.717) is 23.6 Å². The highest BCUT2D eigenvalue weighted by Crippen LogP contribution is 2.35. The van der Waals surface area contributed by atoms with Crippen molar-refractivity contribution in [2.24, 2.45) is 5.73 Å². The number of amides is 1. The van der Waals surface area contributed by atoms with Gasteiger partial charge in [-0.1, -0.05) is 34.7 Å². The fourth-order valence-corrected chi connectivity index (χ4v) is 3.28. The maximum Gasteiger partial charge on any atom is 0.224 e. The molecule has 1 atom stereocenters. The van der Waals surface area contributed by atoms with Gasteiger partial charge in [-0.15, -0.1) is 10.2 Å². The minimum absolute atomic E-state index is 0.0185. The topological polar surface area (TPSA) is 80.9 Å². The zero-order valence-corrected chi connectivity index (χ0v) is 13.8. The SMILES string of the molecule is CC(N)CCC(=O)Nc1ccc(Sc2nncs2)c(Cl)c1. The van der Waals surface area contributed by atoms with Crippen LogP contribution in [0.15, 0.2) is 32.9 Å². The van der Waals surface area contributed by atoms with Gasteiger partial charge in [0.2, 0.25) is 5.91 Å². The number of benzene rings is 1. The zero-order chi connectivity index (χ0) is 15.2. The van der Waals surface area contributed by atoms with Gasteiger partial charge in [-0.25, -0.2) is 0 Å². The van der Waals surface area contributed by atoms with Crippen LogP contribution in [0.5, 0.6) is 0 Å². The van der Waals surface area contributed by atoms with Crippen LogP contribution in [-0.4, -0.2) is 22.1 Å². The van der Waals surface area contributed by atoms with E-state index in [9.17, 15) is 4.79 Å². The Morgan fingerprint density at radius 3 is 3.00 bits per heavy atom. The second-order valence-electron chi connectivity index (χ2n) is 4.52. The summed E-state index contributed by atoms with van der Waals surface area (Å²) in [5.41, 5.74) is 7.98. The Balaban J connectivity index is 1.97. The fraction of sp³-hybridized carbons (Fsp3) is 0.308. The molecule has 5 nitrogen and oxygen atoms in total. The van der Waals surface area contributed by atoms with Gasteiger partial charge in [0.05, 0.1) is 5.02 Å². The molecular formula is C13H15ClN4OS2. The highest BCUT2D eigenvalue weighted by atomic mass is 35.5. The number of nitrogens with two attached hydrogens (primary N) is 1. The van der Waals surface area contributed by atoms with Crippen LogP contribution in [0.3, 0.4) is 0 Å². The van der Waals surface area contributed by atoms with Gasteiger partial charge in [0.25, 0.3) is 0 Å². The Labute approximate surface area is 136 Å². The van der Waals surface area contributed by atoms with Crippen LogP contribution in [0.2, 0.25) is 5.02 Å². The number of hydrogen-bond acceptors (Lipinski definition) is 6. The summed E-state index contributed by atoms with van der Waals surface area (Å²) in [5.74, 6) is -0.0621. The molecule has 112 valence electrons. The molecule has 0 fully saturated rings. The molecule has 0 aliphatic heterocycles. The van der Waals surface area contributed by atoms with E-state index in [2.05, 4.69) is 15.5 Å².